The number of pyridine rings is 1. The Hall–Kier alpha value is -2.69. The molecule has 0 fully saturated rings. The third kappa shape index (κ3) is 4.34. The molecule has 0 saturated heterocycles. The van der Waals surface area contributed by atoms with Crippen molar-refractivity contribution in [2.45, 2.75) is 46.0 Å². The number of rotatable bonds is 5. The van der Waals surface area contributed by atoms with Crippen LogP contribution < -0.4 is 5.32 Å². The van der Waals surface area contributed by atoms with E-state index < -0.39 is 11.7 Å². The summed E-state index contributed by atoms with van der Waals surface area (Å²) in [5.74, 6) is 0.211. The monoisotopic (exact) mass is 426 g/mol. The lowest BCUT2D eigenvalue weighted by Crippen LogP contribution is -2.38. The van der Waals surface area contributed by atoms with Crippen molar-refractivity contribution in [1.29, 1.82) is 0 Å². The van der Waals surface area contributed by atoms with Gasteiger partial charge in [0.2, 0.25) is 0 Å². The maximum Gasteiger partial charge on any atom is 0.417 e. The molecule has 0 unspecified atom stereocenters. The fourth-order valence-corrected chi connectivity index (χ4v) is 3.96. The van der Waals surface area contributed by atoms with E-state index in [1.54, 1.807) is 18.4 Å². The molecule has 7 nitrogen and oxygen atoms in total. The number of halogens is 3. The highest BCUT2D eigenvalue weighted by molar-refractivity contribution is 7.11. The highest BCUT2D eigenvalue weighted by atomic mass is 32.1. The molecule has 1 N–H and O–H groups in total. The van der Waals surface area contributed by atoms with Crippen molar-refractivity contribution in [3.63, 3.8) is 0 Å². The lowest BCUT2D eigenvalue weighted by molar-refractivity contribution is -0.137. The molecule has 11 heteroatoms. The van der Waals surface area contributed by atoms with E-state index >= 15 is 0 Å². The van der Waals surface area contributed by atoms with Crippen LogP contribution in [0.2, 0.25) is 0 Å². The molecule has 0 radical (unpaired) electrons. The average molecular weight is 426 g/mol. The molecule has 3 heterocycles. The Kier molecular flexibility index (Phi) is 5.78. The first-order valence-corrected chi connectivity index (χ1v) is 9.81. The first kappa shape index (κ1) is 21.0. The molecule has 0 saturated carbocycles. The van der Waals surface area contributed by atoms with Gasteiger partial charge in [0.25, 0.3) is 0 Å². The van der Waals surface area contributed by atoms with Gasteiger partial charge in [0.1, 0.15) is 0 Å². The molecule has 3 aromatic heterocycles. The molecule has 1 atom stereocenters. The zero-order chi connectivity index (χ0) is 21.3. The number of hydrogen-bond donors (Lipinski definition) is 1. The second-order valence-electron chi connectivity index (χ2n) is 6.62. The lowest BCUT2D eigenvalue weighted by Gasteiger charge is -2.24. The third-order valence-electron chi connectivity index (χ3n) is 4.66. The van der Waals surface area contributed by atoms with Crippen LogP contribution in [0.15, 0.2) is 18.3 Å². The van der Waals surface area contributed by atoms with Gasteiger partial charge in [0.05, 0.1) is 28.9 Å². The van der Waals surface area contributed by atoms with Gasteiger partial charge in [-0.05, 0) is 32.4 Å². The standard InChI is InChI=1S/C18H21F3N6OS/c1-5-15-23-10(2)16(29-15)11(3)26(4)17(28)22-8-14-25-24-13-7-6-12(9-27(13)14)18(19,20)21/h6-7,9,11H,5,8H2,1-4H3,(H,22,28)/t11-/m0/s1. The van der Waals surface area contributed by atoms with Crippen LogP contribution in [0.25, 0.3) is 5.65 Å². The average Bonchev–Trinajstić information content (AvgIpc) is 3.26. The van der Waals surface area contributed by atoms with Crippen LogP contribution in [0.1, 0.15) is 46.9 Å². The summed E-state index contributed by atoms with van der Waals surface area (Å²) in [6.45, 7) is 5.78. The first-order chi connectivity index (χ1) is 13.6. The van der Waals surface area contributed by atoms with Crippen molar-refractivity contribution in [1.82, 2.24) is 29.8 Å². The summed E-state index contributed by atoms with van der Waals surface area (Å²) in [6, 6.07) is 1.63. The predicted molar refractivity (Wildman–Crippen MR) is 103 cm³/mol. The molecule has 0 aliphatic rings. The summed E-state index contributed by atoms with van der Waals surface area (Å²) in [7, 11) is 1.66. The van der Waals surface area contributed by atoms with Crippen molar-refractivity contribution in [3.05, 3.63) is 45.3 Å². The molecule has 0 aliphatic carbocycles. The Morgan fingerprint density at radius 1 is 1.34 bits per heavy atom. The largest absolute Gasteiger partial charge is 0.417 e. The minimum Gasteiger partial charge on any atom is -0.331 e. The number of aryl methyl sites for hydroxylation is 2. The highest BCUT2D eigenvalue weighted by Gasteiger charge is 2.31. The molecular formula is C18H21F3N6OS. The zero-order valence-electron chi connectivity index (χ0n) is 16.4. The van der Waals surface area contributed by atoms with Crippen molar-refractivity contribution in [2.24, 2.45) is 0 Å². The van der Waals surface area contributed by atoms with Gasteiger partial charge < -0.3 is 10.2 Å². The van der Waals surface area contributed by atoms with Crippen molar-refractivity contribution in [3.8, 4) is 0 Å². The molecule has 0 spiro atoms. The van der Waals surface area contributed by atoms with Crippen LogP contribution in [0, 0.1) is 6.92 Å². The van der Waals surface area contributed by atoms with E-state index in [-0.39, 0.29) is 30.1 Å². The number of fused-ring (bicyclic) bond motifs is 1. The molecule has 0 aliphatic heterocycles. The van der Waals surface area contributed by atoms with Gasteiger partial charge in [-0.25, -0.2) is 9.78 Å². The number of alkyl halides is 3. The van der Waals surface area contributed by atoms with E-state index in [9.17, 15) is 18.0 Å². The summed E-state index contributed by atoms with van der Waals surface area (Å²) >= 11 is 1.57. The van der Waals surface area contributed by atoms with Crippen LogP contribution in [0.4, 0.5) is 18.0 Å². The third-order valence-corrected chi connectivity index (χ3v) is 6.13. The van der Waals surface area contributed by atoms with Crippen LogP contribution in [-0.4, -0.2) is 37.6 Å². The summed E-state index contributed by atoms with van der Waals surface area (Å²) in [6.07, 6.45) is -2.72. The molecular weight excluding hydrogens is 405 g/mol. The summed E-state index contributed by atoms with van der Waals surface area (Å²) in [5, 5.41) is 11.4. The first-order valence-electron chi connectivity index (χ1n) is 8.99. The molecule has 0 bridgehead atoms. The van der Waals surface area contributed by atoms with Crippen LogP contribution in [0.3, 0.4) is 0 Å². The van der Waals surface area contributed by atoms with E-state index in [1.165, 1.54) is 15.4 Å². The predicted octanol–water partition coefficient (Wildman–Crippen LogP) is 3.98. The zero-order valence-corrected chi connectivity index (χ0v) is 17.2. The maximum absolute atomic E-state index is 12.9. The van der Waals surface area contributed by atoms with Crippen LogP contribution in [-0.2, 0) is 19.1 Å². The van der Waals surface area contributed by atoms with E-state index in [1.807, 2.05) is 20.8 Å². The van der Waals surface area contributed by atoms with Gasteiger partial charge in [0, 0.05) is 18.1 Å². The Labute approximate surface area is 169 Å². The van der Waals surface area contributed by atoms with E-state index in [4.69, 9.17) is 0 Å². The van der Waals surface area contributed by atoms with Gasteiger partial charge in [-0.2, -0.15) is 13.2 Å². The van der Waals surface area contributed by atoms with E-state index in [0.717, 1.165) is 34.3 Å². The maximum atomic E-state index is 12.9. The number of urea groups is 1. The van der Waals surface area contributed by atoms with Crippen LogP contribution >= 0.6 is 11.3 Å². The minimum absolute atomic E-state index is 0.0553. The van der Waals surface area contributed by atoms with Gasteiger partial charge in [0.15, 0.2) is 11.5 Å². The van der Waals surface area contributed by atoms with E-state index in [0.29, 0.717) is 0 Å². The Morgan fingerprint density at radius 3 is 2.69 bits per heavy atom. The number of carbonyl (C=O) groups excluding carboxylic acids is 1. The second kappa shape index (κ2) is 7.97. The Balaban J connectivity index is 1.72. The number of carbonyl (C=O) groups is 1. The van der Waals surface area contributed by atoms with E-state index in [2.05, 4.69) is 20.5 Å². The van der Waals surface area contributed by atoms with Gasteiger partial charge >= 0.3 is 12.2 Å². The summed E-state index contributed by atoms with van der Waals surface area (Å²) < 4.78 is 40.1. The summed E-state index contributed by atoms with van der Waals surface area (Å²) in [4.78, 5) is 19.6. The quantitative estimate of drug-likeness (QED) is 0.670. The normalized spacial score (nSPS) is 12.9. The number of aromatic nitrogens is 4. The number of thiazole rings is 1. The SMILES string of the molecule is CCc1nc(C)c([C@H](C)N(C)C(=O)NCc2nnc3ccc(C(F)(F)F)cn23)s1. The van der Waals surface area contributed by atoms with Gasteiger partial charge in [-0.15, -0.1) is 21.5 Å². The molecule has 3 rings (SSSR count). The Bertz CT molecular complexity index is 1030. The minimum atomic E-state index is -4.47. The fraction of sp³-hybridized carbons (Fsp3) is 0.444. The number of hydrogen-bond acceptors (Lipinski definition) is 5. The smallest absolute Gasteiger partial charge is 0.331 e. The lowest BCUT2D eigenvalue weighted by atomic mass is 10.2. The molecule has 29 heavy (non-hydrogen) atoms. The van der Waals surface area contributed by atoms with Gasteiger partial charge in [-0.3, -0.25) is 4.40 Å². The number of amides is 2. The topological polar surface area (TPSA) is 75.4 Å². The van der Waals surface area contributed by atoms with Crippen molar-refractivity contribution in [2.75, 3.05) is 7.05 Å². The number of nitrogens with one attached hydrogen (secondary N) is 1. The second-order valence-corrected chi connectivity index (χ2v) is 7.73. The Morgan fingerprint density at radius 2 is 2.07 bits per heavy atom. The number of nitrogens with zero attached hydrogens (tertiary/aromatic N) is 5. The van der Waals surface area contributed by atoms with Crippen LogP contribution in [0.5, 0.6) is 0 Å². The van der Waals surface area contributed by atoms with Gasteiger partial charge in [-0.1, -0.05) is 6.92 Å². The highest BCUT2D eigenvalue weighted by Crippen LogP contribution is 2.30. The van der Waals surface area contributed by atoms with Crippen molar-refractivity contribution >= 4 is 23.0 Å². The molecule has 2 amide bonds. The molecule has 156 valence electrons. The fourth-order valence-electron chi connectivity index (χ4n) is 2.86. The molecule has 0 aromatic carbocycles. The van der Waals surface area contributed by atoms with Crippen molar-refractivity contribution < 1.29 is 18.0 Å². The molecule has 3 aromatic rings. The summed E-state index contributed by atoms with van der Waals surface area (Å²) in [5.41, 5.74) is 0.356.